The van der Waals surface area contributed by atoms with Crippen LogP contribution in [0.25, 0.3) is 11.0 Å². The van der Waals surface area contributed by atoms with Gasteiger partial charge in [0.25, 0.3) is 0 Å². The molecule has 2 heterocycles. The molecule has 1 atom stereocenters. The molecule has 194 valence electrons. The number of aryl methyl sites for hydroxylation is 1. The molecule has 0 aliphatic carbocycles. The number of benzene rings is 3. The Morgan fingerprint density at radius 3 is 2.58 bits per heavy atom. The molecule has 0 saturated carbocycles. The first kappa shape index (κ1) is 25.1. The van der Waals surface area contributed by atoms with E-state index in [-0.39, 0.29) is 28.7 Å². The summed E-state index contributed by atoms with van der Waals surface area (Å²) in [4.78, 5) is 37.9. The van der Waals surface area contributed by atoms with E-state index >= 15 is 0 Å². The van der Waals surface area contributed by atoms with Crippen molar-refractivity contribution in [3.63, 3.8) is 0 Å². The quantitative estimate of drug-likeness (QED) is 0.157. The molecule has 1 aliphatic rings. The number of carbonyl (C=O) groups is 2. The highest BCUT2D eigenvalue weighted by molar-refractivity contribution is 6.09. The molecule has 0 amide bonds. The van der Waals surface area contributed by atoms with Gasteiger partial charge in [0.2, 0.25) is 0 Å². The first-order valence-corrected chi connectivity index (χ1v) is 12.2. The Morgan fingerprint density at radius 2 is 1.87 bits per heavy atom. The van der Waals surface area contributed by atoms with Gasteiger partial charge >= 0.3 is 11.6 Å². The van der Waals surface area contributed by atoms with Crippen LogP contribution in [-0.2, 0) is 11.2 Å². The Balaban J connectivity index is 1.72. The van der Waals surface area contributed by atoms with Crippen molar-refractivity contribution in [2.75, 3.05) is 13.7 Å². The van der Waals surface area contributed by atoms with Gasteiger partial charge in [-0.25, -0.2) is 4.79 Å². The van der Waals surface area contributed by atoms with Crippen LogP contribution >= 0.6 is 0 Å². The molecule has 0 bridgehead atoms. The fourth-order valence-electron chi connectivity index (χ4n) is 5.04. The van der Waals surface area contributed by atoms with E-state index in [9.17, 15) is 19.5 Å². The number of phenols is 1. The molecular formula is C30H26O8. The third-order valence-electron chi connectivity index (χ3n) is 6.72. The van der Waals surface area contributed by atoms with Crippen LogP contribution in [0.1, 0.15) is 51.9 Å². The molecule has 1 aromatic heterocycles. The topological polar surface area (TPSA) is 112 Å². The number of rotatable bonds is 7. The summed E-state index contributed by atoms with van der Waals surface area (Å²) in [6.45, 7) is 3.25. The second kappa shape index (κ2) is 10.0. The van der Waals surface area contributed by atoms with Gasteiger partial charge in [0.15, 0.2) is 23.0 Å². The Morgan fingerprint density at radius 1 is 1.11 bits per heavy atom. The maximum atomic E-state index is 12.9. The molecule has 0 saturated heterocycles. The summed E-state index contributed by atoms with van der Waals surface area (Å²) in [6, 6.07) is 16.4. The molecule has 0 radical (unpaired) electrons. The monoisotopic (exact) mass is 514 g/mol. The number of carbonyl (C=O) groups excluding carboxylic acids is 2. The molecular weight excluding hydrogens is 488 g/mol. The van der Waals surface area contributed by atoms with Crippen LogP contribution in [0, 0.1) is 6.92 Å². The number of phenolic OH excluding ortho intramolecular Hbond substituents is 1. The first-order chi connectivity index (χ1) is 18.3. The van der Waals surface area contributed by atoms with Crippen molar-refractivity contribution in [3.8, 4) is 23.0 Å². The number of esters is 1. The van der Waals surface area contributed by atoms with Crippen molar-refractivity contribution in [1.82, 2.24) is 0 Å². The van der Waals surface area contributed by atoms with Crippen molar-refractivity contribution in [1.29, 1.82) is 0 Å². The number of ketones is 1. The fraction of sp³-hybridized carbons (Fsp3) is 0.233. The zero-order chi connectivity index (χ0) is 27.0. The molecule has 3 aromatic carbocycles. The highest BCUT2D eigenvalue weighted by Gasteiger charge is 2.38. The van der Waals surface area contributed by atoms with E-state index in [2.05, 4.69) is 0 Å². The third-order valence-corrected chi connectivity index (χ3v) is 6.72. The molecule has 4 aromatic rings. The maximum Gasteiger partial charge on any atom is 0.336 e. The number of methoxy groups -OCH3 is 1. The van der Waals surface area contributed by atoms with Crippen LogP contribution in [0.5, 0.6) is 23.0 Å². The Kier molecular flexibility index (Phi) is 6.63. The van der Waals surface area contributed by atoms with Crippen molar-refractivity contribution >= 4 is 22.7 Å². The molecule has 0 spiro atoms. The Hall–Kier alpha value is -4.59. The SMILES string of the molecule is COc1cccc([C@@H]2CC(=O)Oc3c(C(C)=O)c(O)c4c(C)cc(=O)oc4c32)c1OCCc1ccccc1. The van der Waals surface area contributed by atoms with Gasteiger partial charge in [-0.2, -0.15) is 0 Å². The molecule has 8 heteroatoms. The van der Waals surface area contributed by atoms with E-state index in [1.165, 1.54) is 20.1 Å². The third kappa shape index (κ3) is 4.38. The highest BCUT2D eigenvalue weighted by atomic mass is 16.5. The fourth-order valence-corrected chi connectivity index (χ4v) is 5.04. The van der Waals surface area contributed by atoms with Crippen LogP contribution in [0.15, 0.2) is 63.8 Å². The van der Waals surface area contributed by atoms with Gasteiger partial charge in [-0.1, -0.05) is 42.5 Å². The molecule has 0 fully saturated rings. The van der Waals surface area contributed by atoms with Crippen molar-refractivity contribution in [3.05, 3.63) is 92.8 Å². The average molecular weight is 515 g/mol. The van der Waals surface area contributed by atoms with Gasteiger partial charge < -0.3 is 23.7 Å². The molecule has 0 unspecified atom stereocenters. The van der Waals surface area contributed by atoms with Crippen molar-refractivity contribution in [2.24, 2.45) is 0 Å². The summed E-state index contributed by atoms with van der Waals surface area (Å²) in [5, 5.41) is 11.2. The minimum Gasteiger partial charge on any atom is -0.506 e. The lowest BCUT2D eigenvalue weighted by atomic mass is 9.82. The standard InChI is InChI=1S/C30H26O8/c1-16-14-22(32)37-29-24(16)27(34)25(17(2)31)30-26(29)20(15-23(33)38-30)19-10-7-11-21(35-3)28(19)36-13-12-18-8-5-4-6-9-18/h4-11,14,20,34H,12-13,15H2,1-3H3/t20-/m0/s1. The van der Waals surface area contributed by atoms with Gasteiger partial charge in [0, 0.05) is 29.5 Å². The lowest BCUT2D eigenvalue weighted by Gasteiger charge is -2.29. The van der Waals surface area contributed by atoms with Gasteiger partial charge in [-0.15, -0.1) is 0 Å². The van der Waals surface area contributed by atoms with E-state index in [4.69, 9.17) is 18.6 Å². The van der Waals surface area contributed by atoms with Crippen LogP contribution < -0.4 is 19.8 Å². The summed E-state index contributed by atoms with van der Waals surface area (Å²) in [5.74, 6) is -1.43. The van der Waals surface area contributed by atoms with E-state index < -0.39 is 29.0 Å². The van der Waals surface area contributed by atoms with Crippen LogP contribution in [0.2, 0.25) is 0 Å². The number of aromatic hydroxyl groups is 1. The van der Waals surface area contributed by atoms with Crippen LogP contribution in [-0.4, -0.2) is 30.6 Å². The summed E-state index contributed by atoms with van der Waals surface area (Å²) in [7, 11) is 1.52. The predicted octanol–water partition coefficient (Wildman–Crippen LogP) is 5.08. The highest BCUT2D eigenvalue weighted by Crippen LogP contribution is 2.51. The lowest BCUT2D eigenvalue weighted by Crippen LogP contribution is -2.24. The first-order valence-electron chi connectivity index (χ1n) is 12.2. The van der Waals surface area contributed by atoms with Crippen LogP contribution in [0.4, 0.5) is 0 Å². The number of hydrogen-bond donors (Lipinski definition) is 1. The second-order valence-electron chi connectivity index (χ2n) is 9.17. The average Bonchev–Trinajstić information content (AvgIpc) is 2.88. The molecule has 5 rings (SSSR count). The van der Waals surface area contributed by atoms with Gasteiger partial charge in [0.05, 0.1) is 25.5 Å². The minimum absolute atomic E-state index is 0.0584. The summed E-state index contributed by atoms with van der Waals surface area (Å²) in [6.07, 6.45) is 0.533. The van der Waals surface area contributed by atoms with E-state index in [1.807, 2.05) is 30.3 Å². The Labute approximate surface area is 218 Å². The van der Waals surface area contributed by atoms with Crippen molar-refractivity contribution < 1.29 is 33.3 Å². The molecule has 38 heavy (non-hydrogen) atoms. The molecule has 1 aliphatic heterocycles. The smallest absolute Gasteiger partial charge is 0.336 e. The maximum absolute atomic E-state index is 12.9. The zero-order valence-electron chi connectivity index (χ0n) is 21.2. The van der Waals surface area contributed by atoms with Gasteiger partial charge in [0.1, 0.15) is 16.9 Å². The minimum atomic E-state index is -0.709. The van der Waals surface area contributed by atoms with E-state index in [1.54, 1.807) is 25.1 Å². The zero-order valence-corrected chi connectivity index (χ0v) is 21.2. The summed E-state index contributed by atoms with van der Waals surface area (Å²) >= 11 is 0. The number of ether oxygens (including phenoxy) is 3. The normalized spacial score (nSPS) is 14.6. The van der Waals surface area contributed by atoms with Crippen molar-refractivity contribution in [2.45, 2.75) is 32.6 Å². The van der Waals surface area contributed by atoms with Crippen LogP contribution in [0.3, 0.4) is 0 Å². The lowest BCUT2D eigenvalue weighted by molar-refractivity contribution is -0.135. The van der Waals surface area contributed by atoms with E-state index in [0.717, 1.165) is 5.56 Å². The second-order valence-corrected chi connectivity index (χ2v) is 9.17. The number of hydrogen-bond acceptors (Lipinski definition) is 8. The number of fused-ring (bicyclic) bond motifs is 3. The summed E-state index contributed by atoms with van der Waals surface area (Å²) < 4.78 is 22.9. The van der Waals surface area contributed by atoms with Gasteiger partial charge in [-0.05, 0) is 31.0 Å². The summed E-state index contributed by atoms with van der Waals surface area (Å²) in [5.41, 5.74) is 1.73. The van der Waals surface area contributed by atoms with E-state index in [0.29, 0.717) is 41.2 Å². The number of Topliss-reactive ketones (excluding diaryl/α,β-unsaturated/α-hetero) is 1. The predicted molar refractivity (Wildman–Crippen MR) is 140 cm³/mol. The van der Waals surface area contributed by atoms with Gasteiger partial charge in [-0.3, -0.25) is 9.59 Å². The largest absolute Gasteiger partial charge is 0.506 e. The molecule has 8 nitrogen and oxygen atoms in total. The molecule has 1 N–H and O–H groups in total. The Bertz CT molecular complexity index is 1620. The number of para-hydroxylation sites is 1.